The van der Waals surface area contributed by atoms with Crippen LogP contribution < -0.4 is 16.0 Å². The third-order valence-corrected chi connectivity index (χ3v) is 3.60. The van der Waals surface area contributed by atoms with E-state index >= 15 is 0 Å². The van der Waals surface area contributed by atoms with Gasteiger partial charge in [-0.15, -0.1) is 4.68 Å². The lowest BCUT2D eigenvalue weighted by molar-refractivity contribution is 0.373. The fraction of sp³-hybridized carbons (Fsp3) is 0.0625. The Labute approximate surface area is 140 Å². The molecule has 1 aromatic heterocycles. The minimum absolute atomic E-state index is 0.156. The first-order valence-corrected chi connectivity index (χ1v) is 7.24. The van der Waals surface area contributed by atoms with Crippen molar-refractivity contribution < 1.29 is 9.84 Å². The molecule has 0 aliphatic rings. The molecule has 0 saturated heterocycles. The molecule has 3 rings (SSSR count). The number of nitrogens with one attached hydrogen (secondary N) is 1. The van der Waals surface area contributed by atoms with Crippen LogP contribution in [0.5, 0.6) is 11.5 Å². The Kier molecular flexibility index (Phi) is 4.09. The molecule has 0 fully saturated rings. The molecule has 0 atom stereocenters. The minimum Gasteiger partial charge on any atom is -0.504 e. The molecule has 24 heavy (non-hydrogen) atoms. The Morgan fingerprint density at radius 3 is 2.79 bits per heavy atom. The molecule has 2 aromatic carbocycles. The summed E-state index contributed by atoms with van der Waals surface area (Å²) < 4.78 is 5.67. The molecule has 0 unspecified atom stereocenters. The van der Waals surface area contributed by atoms with Gasteiger partial charge in [0.1, 0.15) is 0 Å². The number of fused-ring (bicyclic) bond motifs is 1. The summed E-state index contributed by atoms with van der Waals surface area (Å²) in [7, 11) is 1.38. The van der Waals surface area contributed by atoms with E-state index < -0.39 is 11.2 Å². The van der Waals surface area contributed by atoms with Gasteiger partial charge in [-0.3, -0.25) is 4.79 Å². The zero-order chi connectivity index (χ0) is 17.3. The molecule has 0 spiro atoms. The van der Waals surface area contributed by atoms with E-state index in [0.29, 0.717) is 20.6 Å². The second-order valence-corrected chi connectivity index (χ2v) is 5.32. The average molecular weight is 346 g/mol. The zero-order valence-electron chi connectivity index (χ0n) is 12.5. The number of aromatic hydroxyl groups is 1. The van der Waals surface area contributed by atoms with Gasteiger partial charge in [-0.05, 0) is 18.2 Å². The van der Waals surface area contributed by atoms with Gasteiger partial charge in [0.25, 0.3) is 5.56 Å². The van der Waals surface area contributed by atoms with Crippen molar-refractivity contribution in [3.05, 3.63) is 67.8 Å². The molecule has 122 valence electrons. The lowest BCUT2D eigenvalue weighted by atomic mass is 10.2. The van der Waals surface area contributed by atoms with Crippen molar-refractivity contribution in [2.75, 3.05) is 7.11 Å². The minimum atomic E-state index is -0.691. The average Bonchev–Trinajstić information content (AvgIpc) is 2.57. The van der Waals surface area contributed by atoms with E-state index in [9.17, 15) is 14.7 Å². The van der Waals surface area contributed by atoms with Crippen molar-refractivity contribution in [3.8, 4) is 11.5 Å². The molecule has 0 aliphatic heterocycles. The van der Waals surface area contributed by atoms with Gasteiger partial charge < -0.3 is 14.8 Å². The number of rotatable bonds is 3. The van der Waals surface area contributed by atoms with Crippen LogP contribution in [0.25, 0.3) is 10.9 Å². The van der Waals surface area contributed by atoms with Gasteiger partial charge in [0.15, 0.2) is 11.5 Å². The summed E-state index contributed by atoms with van der Waals surface area (Å²) in [5.41, 5.74) is -0.632. The molecule has 1 heterocycles. The maximum atomic E-state index is 12.4. The Hall–Kier alpha value is -3.06. The summed E-state index contributed by atoms with van der Waals surface area (Å²) in [5, 5.41) is 14.6. The summed E-state index contributed by atoms with van der Waals surface area (Å²) in [5.74, 6) is -0.0420. The monoisotopic (exact) mass is 345 g/mol. The highest BCUT2D eigenvalue weighted by Crippen LogP contribution is 2.32. The van der Waals surface area contributed by atoms with Crippen LogP contribution in [0.3, 0.4) is 0 Å². The second-order valence-electron chi connectivity index (χ2n) is 4.88. The predicted octanol–water partition coefficient (Wildman–Crippen LogP) is 1.94. The summed E-state index contributed by atoms with van der Waals surface area (Å²) in [6.07, 6.45) is 1.16. The lowest BCUT2D eigenvalue weighted by Gasteiger charge is -2.06. The van der Waals surface area contributed by atoms with E-state index in [1.807, 2.05) is 0 Å². The fourth-order valence-corrected chi connectivity index (χ4v) is 2.44. The molecule has 0 bridgehead atoms. The SMILES string of the molecule is COc1cc(Cl)cc(C=Nn2c(=O)[nH]c3ccccc3c2=O)c1O. The van der Waals surface area contributed by atoms with E-state index in [0.717, 1.165) is 6.21 Å². The molecule has 2 N–H and O–H groups in total. The number of H-pyrrole nitrogens is 1. The fourth-order valence-electron chi connectivity index (χ4n) is 2.23. The summed E-state index contributed by atoms with van der Waals surface area (Å²) >= 11 is 5.93. The quantitative estimate of drug-likeness (QED) is 0.709. The standard InChI is InChI=1S/C16H12ClN3O4/c1-24-13-7-10(17)6-9(14(13)21)8-18-20-15(22)11-4-2-3-5-12(11)19-16(20)23/h2-8,21H,1H3,(H,19,23). The molecule has 0 saturated carbocycles. The summed E-state index contributed by atoms with van der Waals surface area (Å²) in [6, 6.07) is 9.47. The maximum Gasteiger partial charge on any atom is 0.349 e. The number of ether oxygens (including phenoxy) is 1. The van der Waals surface area contributed by atoms with Gasteiger partial charge in [-0.2, -0.15) is 5.10 Å². The Bertz CT molecular complexity index is 1070. The van der Waals surface area contributed by atoms with Crippen LogP contribution in [0.1, 0.15) is 5.56 Å². The highest BCUT2D eigenvalue weighted by molar-refractivity contribution is 6.31. The van der Waals surface area contributed by atoms with E-state index in [-0.39, 0.29) is 17.1 Å². The van der Waals surface area contributed by atoms with Crippen molar-refractivity contribution in [1.82, 2.24) is 9.66 Å². The number of hydrogen-bond donors (Lipinski definition) is 2. The van der Waals surface area contributed by atoms with Crippen LogP contribution in [0.4, 0.5) is 0 Å². The molecular formula is C16H12ClN3O4. The zero-order valence-corrected chi connectivity index (χ0v) is 13.2. The van der Waals surface area contributed by atoms with Crippen molar-refractivity contribution in [2.45, 2.75) is 0 Å². The van der Waals surface area contributed by atoms with Crippen LogP contribution in [0, 0.1) is 0 Å². The first-order chi connectivity index (χ1) is 11.5. The number of halogens is 1. The van der Waals surface area contributed by atoms with E-state index in [4.69, 9.17) is 16.3 Å². The molecule has 8 heteroatoms. The number of aromatic nitrogens is 2. The van der Waals surface area contributed by atoms with Crippen LogP contribution in [-0.2, 0) is 0 Å². The van der Waals surface area contributed by atoms with Gasteiger partial charge in [0, 0.05) is 16.7 Å². The molecule has 3 aromatic rings. The van der Waals surface area contributed by atoms with Crippen molar-refractivity contribution >= 4 is 28.7 Å². The lowest BCUT2D eigenvalue weighted by Crippen LogP contribution is -2.32. The van der Waals surface area contributed by atoms with Gasteiger partial charge in [-0.25, -0.2) is 4.79 Å². The van der Waals surface area contributed by atoms with Crippen molar-refractivity contribution in [1.29, 1.82) is 0 Å². The smallest absolute Gasteiger partial charge is 0.349 e. The van der Waals surface area contributed by atoms with Crippen LogP contribution in [0.15, 0.2) is 51.1 Å². The van der Waals surface area contributed by atoms with Gasteiger partial charge in [-0.1, -0.05) is 23.7 Å². The Morgan fingerprint density at radius 2 is 2.04 bits per heavy atom. The van der Waals surface area contributed by atoms with Crippen LogP contribution in [-0.4, -0.2) is 28.1 Å². The normalized spacial score (nSPS) is 11.2. The molecule has 0 radical (unpaired) electrons. The summed E-state index contributed by atoms with van der Waals surface area (Å²) in [6.45, 7) is 0. The number of aromatic amines is 1. The van der Waals surface area contributed by atoms with E-state index in [1.54, 1.807) is 24.3 Å². The topological polar surface area (TPSA) is 96.7 Å². The number of methoxy groups -OCH3 is 1. The Balaban J connectivity index is 2.14. The highest BCUT2D eigenvalue weighted by Gasteiger charge is 2.10. The maximum absolute atomic E-state index is 12.4. The highest BCUT2D eigenvalue weighted by atomic mass is 35.5. The van der Waals surface area contributed by atoms with E-state index in [1.165, 1.54) is 19.2 Å². The first-order valence-electron chi connectivity index (χ1n) is 6.86. The number of para-hydroxylation sites is 1. The van der Waals surface area contributed by atoms with Gasteiger partial charge >= 0.3 is 5.69 Å². The third-order valence-electron chi connectivity index (χ3n) is 3.39. The largest absolute Gasteiger partial charge is 0.504 e. The molecule has 0 aliphatic carbocycles. The molecular weight excluding hydrogens is 334 g/mol. The number of benzene rings is 2. The van der Waals surface area contributed by atoms with Crippen molar-refractivity contribution in [3.63, 3.8) is 0 Å². The number of phenols is 1. The van der Waals surface area contributed by atoms with E-state index in [2.05, 4.69) is 10.1 Å². The van der Waals surface area contributed by atoms with Gasteiger partial charge in [0.05, 0.1) is 24.2 Å². The Morgan fingerprint density at radius 1 is 1.29 bits per heavy atom. The van der Waals surface area contributed by atoms with Crippen molar-refractivity contribution in [2.24, 2.45) is 5.10 Å². The summed E-state index contributed by atoms with van der Waals surface area (Å²) in [4.78, 5) is 27.0. The third kappa shape index (κ3) is 2.77. The molecule has 0 amide bonds. The number of hydrogen-bond acceptors (Lipinski definition) is 5. The molecule has 7 nitrogen and oxygen atoms in total. The second kappa shape index (κ2) is 6.21. The number of phenolic OH excluding ortho intramolecular Hbond substituents is 1. The van der Waals surface area contributed by atoms with Crippen LogP contribution >= 0.6 is 11.6 Å². The number of nitrogens with zero attached hydrogens (tertiary/aromatic N) is 2. The predicted molar refractivity (Wildman–Crippen MR) is 91.5 cm³/mol. The van der Waals surface area contributed by atoms with Crippen LogP contribution in [0.2, 0.25) is 5.02 Å². The van der Waals surface area contributed by atoms with Gasteiger partial charge in [0.2, 0.25) is 0 Å². The first kappa shape index (κ1) is 15.8.